The molecule has 0 bridgehead atoms. The smallest absolute Gasteiger partial charge is 0.148 e. The van der Waals surface area contributed by atoms with Crippen molar-refractivity contribution in [3.05, 3.63) is 11.4 Å². The van der Waals surface area contributed by atoms with Crippen LogP contribution in [-0.4, -0.2) is 28.2 Å². The lowest BCUT2D eigenvalue weighted by molar-refractivity contribution is 0.220. The fourth-order valence-corrected chi connectivity index (χ4v) is 1.75. The van der Waals surface area contributed by atoms with Gasteiger partial charge in [0.1, 0.15) is 17.5 Å². The molecule has 6 nitrogen and oxygen atoms in total. The van der Waals surface area contributed by atoms with E-state index in [1.165, 1.54) is 0 Å². The second-order valence-corrected chi connectivity index (χ2v) is 5.45. The Morgan fingerprint density at radius 3 is 2.42 bits per heavy atom. The van der Waals surface area contributed by atoms with Crippen LogP contribution >= 0.6 is 0 Å². The molecule has 0 unspecified atom stereocenters. The Labute approximate surface area is 114 Å². The number of aromatic nitrogens is 2. The van der Waals surface area contributed by atoms with Crippen molar-refractivity contribution in [3.8, 4) is 0 Å². The van der Waals surface area contributed by atoms with Crippen LogP contribution in [0.5, 0.6) is 0 Å². The third-order valence-electron chi connectivity index (χ3n) is 3.17. The first kappa shape index (κ1) is 15.7. The van der Waals surface area contributed by atoms with Crippen LogP contribution in [0, 0.1) is 12.3 Å². The van der Waals surface area contributed by atoms with E-state index >= 15 is 0 Å². The minimum absolute atomic E-state index is 0.00875. The van der Waals surface area contributed by atoms with Crippen LogP contribution in [0.25, 0.3) is 0 Å². The zero-order valence-corrected chi connectivity index (χ0v) is 12.2. The highest BCUT2D eigenvalue weighted by atomic mass is 16.3. The molecule has 0 amide bonds. The van der Waals surface area contributed by atoms with Gasteiger partial charge in [-0.3, -0.25) is 0 Å². The molecule has 0 fully saturated rings. The minimum Gasteiger partial charge on any atom is -0.396 e. The van der Waals surface area contributed by atoms with Gasteiger partial charge < -0.3 is 15.8 Å². The molecule has 1 rings (SSSR count). The average molecular weight is 267 g/mol. The van der Waals surface area contributed by atoms with Crippen LogP contribution < -0.4 is 16.6 Å². The first-order chi connectivity index (χ1) is 8.93. The highest BCUT2D eigenvalue weighted by Crippen LogP contribution is 2.23. The Morgan fingerprint density at radius 2 is 1.89 bits per heavy atom. The van der Waals surface area contributed by atoms with Crippen LogP contribution in [0.4, 0.5) is 11.6 Å². The summed E-state index contributed by atoms with van der Waals surface area (Å²) in [7, 11) is 0. The predicted octanol–water partition coefficient (Wildman–Crippen LogP) is 1.45. The van der Waals surface area contributed by atoms with E-state index in [0.29, 0.717) is 5.82 Å². The maximum Gasteiger partial charge on any atom is 0.148 e. The van der Waals surface area contributed by atoms with Crippen LogP contribution in [-0.2, 0) is 6.42 Å². The molecule has 0 saturated carbocycles. The summed E-state index contributed by atoms with van der Waals surface area (Å²) >= 11 is 0. The van der Waals surface area contributed by atoms with Gasteiger partial charge in [0, 0.05) is 25.1 Å². The number of nitrogens with one attached hydrogen (secondary N) is 2. The monoisotopic (exact) mass is 267 g/mol. The summed E-state index contributed by atoms with van der Waals surface area (Å²) in [5.41, 5.74) is 3.51. The summed E-state index contributed by atoms with van der Waals surface area (Å²) < 4.78 is 0. The van der Waals surface area contributed by atoms with Crippen LogP contribution in [0.2, 0.25) is 0 Å². The second-order valence-electron chi connectivity index (χ2n) is 5.45. The number of hydrogen-bond donors (Lipinski definition) is 4. The quantitative estimate of drug-likeness (QED) is 0.441. The average Bonchev–Trinajstić information content (AvgIpc) is 2.37. The molecule has 1 aromatic rings. The van der Waals surface area contributed by atoms with Crippen LogP contribution in [0.1, 0.15) is 38.6 Å². The fraction of sp³-hybridized carbons (Fsp3) is 0.692. The van der Waals surface area contributed by atoms with Gasteiger partial charge in [0.25, 0.3) is 0 Å². The number of rotatable bonds is 7. The van der Waals surface area contributed by atoms with Crippen molar-refractivity contribution in [2.45, 2.75) is 40.5 Å². The van der Waals surface area contributed by atoms with E-state index in [0.717, 1.165) is 36.6 Å². The first-order valence-corrected chi connectivity index (χ1v) is 6.62. The molecular formula is C13H25N5O. The molecule has 1 aromatic heterocycles. The molecule has 0 aliphatic rings. The van der Waals surface area contributed by atoms with Gasteiger partial charge in [-0.15, -0.1) is 0 Å². The third kappa shape index (κ3) is 4.33. The highest BCUT2D eigenvalue weighted by molar-refractivity contribution is 5.56. The summed E-state index contributed by atoms with van der Waals surface area (Å²) in [6.45, 7) is 9.07. The maximum atomic E-state index is 9.04. The van der Waals surface area contributed by atoms with E-state index < -0.39 is 0 Å². The lowest BCUT2D eigenvalue weighted by Gasteiger charge is -2.25. The number of aryl methyl sites for hydroxylation is 1. The van der Waals surface area contributed by atoms with E-state index in [-0.39, 0.29) is 12.0 Å². The van der Waals surface area contributed by atoms with Gasteiger partial charge in [-0.1, -0.05) is 20.8 Å². The molecule has 0 atom stereocenters. The Kier molecular flexibility index (Phi) is 5.50. The van der Waals surface area contributed by atoms with E-state index in [4.69, 9.17) is 10.9 Å². The van der Waals surface area contributed by atoms with Crippen molar-refractivity contribution in [3.63, 3.8) is 0 Å². The fourth-order valence-electron chi connectivity index (χ4n) is 1.75. The maximum absolute atomic E-state index is 9.04. The largest absolute Gasteiger partial charge is 0.396 e. The summed E-state index contributed by atoms with van der Waals surface area (Å²) in [4.78, 5) is 8.81. The summed E-state index contributed by atoms with van der Waals surface area (Å²) in [5.74, 6) is 7.67. The van der Waals surface area contributed by atoms with Gasteiger partial charge in [-0.05, 0) is 18.8 Å². The molecule has 0 aliphatic heterocycles. The Balaban J connectivity index is 2.88. The molecule has 0 aliphatic carbocycles. The molecular weight excluding hydrogens is 242 g/mol. The molecule has 0 radical (unpaired) electrons. The number of aliphatic hydroxyl groups excluding tert-OH is 1. The molecule has 1 heterocycles. The molecule has 5 N–H and O–H groups in total. The summed E-state index contributed by atoms with van der Waals surface area (Å²) in [6.07, 6.45) is 1.50. The van der Waals surface area contributed by atoms with Gasteiger partial charge in [0.2, 0.25) is 0 Å². The lowest BCUT2D eigenvalue weighted by atomic mass is 9.90. The van der Waals surface area contributed by atoms with E-state index in [9.17, 15) is 0 Å². The van der Waals surface area contributed by atoms with Crippen molar-refractivity contribution in [2.75, 3.05) is 23.9 Å². The van der Waals surface area contributed by atoms with E-state index in [1.807, 2.05) is 13.8 Å². The second kappa shape index (κ2) is 6.68. The molecule has 0 aromatic carbocycles. The Bertz CT molecular complexity index is 420. The predicted molar refractivity (Wildman–Crippen MR) is 77.9 cm³/mol. The minimum atomic E-state index is 0.00875. The van der Waals surface area contributed by atoms with Gasteiger partial charge in [-0.2, -0.15) is 0 Å². The number of nitrogens with two attached hydrogens (primary N) is 1. The molecule has 0 saturated heterocycles. The van der Waals surface area contributed by atoms with Gasteiger partial charge in [0.15, 0.2) is 0 Å². The van der Waals surface area contributed by atoms with Gasteiger partial charge in [-0.25, -0.2) is 15.8 Å². The van der Waals surface area contributed by atoms with Crippen LogP contribution in [0.3, 0.4) is 0 Å². The number of aliphatic hydroxyl groups is 1. The Morgan fingerprint density at radius 1 is 1.26 bits per heavy atom. The molecule has 19 heavy (non-hydrogen) atoms. The number of nitrogen functional groups attached to an aromatic ring is 1. The standard InChI is InChI=1S/C13H25N5O/c1-5-10-16-11(9(2)12(17-10)18-14)15-8-13(3,4)6-7-19/h19H,5-8,14H2,1-4H3,(H2,15,16,17,18). The van der Waals surface area contributed by atoms with Crippen molar-refractivity contribution in [1.29, 1.82) is 0 Å². The third-order valence-corrected chi connectivity index (χ3v) is 3.17. The summed E-state index contributed by atoms with van der Waals surface area (Å²) in [6, 6.07) is 0. The normalized spacial score (nSPS) is 11.5. The van der Waals surface area contributed by atoms with E-state index in [1.54, 1.807) is 0 Å². The van der Waals surface area contributed by atoms with E-state index in [2.05, 4.69) is 34.6 Å². The van der Waals surface area contributed by atoms with Crippen molar-refractivity contribution in [2.24, 2.45) is 11.3 Å². The molecule has 0 spiro atoms. The Hall–Kier alpha value is -1.40. The van der Waals surface area contributed by atoms with Crippen LogP contribution in [0.15, 0.2) is 0 Å². The zero-order valence-electron chi connectivity index (χ0n) is 12.2. The topological polar surface area (TPSA) is 96.1 Å². The van der Waals surface area contributed by atoms with Gasteiger partial charge >= 0.3 is 0 Å². The molecule has 6 heteroatoms. The van der Waals surface area contributed by atoms with Crippen molar-refractivity contribution >= 4 is 11.6 Å². The zero-order chi connectivity index (χ0) is 14.5. The van der Waals surface area contributed by atoms with Gasteiger partial charge in [0.05, 0.1) is 0 Å². The summed E-state index contributed by atoms with van der Waals surface area (Å²) in [5, 5.41) is 12.4. The SMILES string of the molecule is CCc1nc(NN)c(C)c(NCC(C)(C)CCO)n1. The lowest BCUT2D eigenvalue weighted by Crippen LogP contribution is -2.25. The highest BCUT2D eigenvalue weighted by Gasteiger charge is 2.18. The number of hydrazine groups is 1. The van der Waals surface area contributed by atoms with Crippen molar-refractivity contribution < 1.29 is 5.11 Å². The number of nitrogens with zero attached hydrogens (tertiary/aromatic N) is 2. The number of anilines is 2. The van der Waals surface area contributed by atoms with Crippen molar-refractivity contribution in [1.82, 2.24) is 9.97 Å². The number of hydrogen-bond acceptors (Lipinski definition) is 6. The molecule has 108 valence electrons. The first-order valence-electron chi connectivity index (χ1n) is 6.62.